The Morgan fingerprint density at radius 2 is 1.93 bits per heavy atom. The fourth-order valence-corrected chi connectivity index (χ4v) is 6.12. The van der Waals surface area contributed by atoms with Gasteiger partial charge in [0.15, 0.2) is 0 Å². The van der Waals surface area contributed by atoms with Crippen molar-refractivity contribution in [2.45, 2.75) is 95.0 Å². The number of hydrogen-bond acceptors (Lipinski definition) is 8. The number of carboxylic acid groups (broad SMARTS) is 1. The first-order valence-electron chi connectivity index (χ1n) is 15.0. The molecule has 13 nitrogen and oxygen atoms in total. The number of hydrogen-bond donors (Lipinski definition) is 3. The predicted octanol–water partition coefficient (Wildman–Crippen LogP) is 4.16. The fraction of sp³-hybridized carbons (Fsp3) is 0.567. The lowest BCUT2D eigenvalue weighted by Gasteiger charge is -2.30. The van der Waals surface area contributed by atoms with Crippen LogP contribution >= 0.6 is 23.2 Å². The number of halogens is 2. The molecular weight excluding hydrogens is 625 g/mol. The van der Waals surface area contributed by atoms with Gasteiger partial charge in [0.2, 0.25) is 17.6 Å². The molecule has 1 saturated heterocycles. The number of carboxylic acids is 1. The molecule has 1 aromatic carbocycles. The summed E-state index contributed by atoms with van der Waals surface area (Å²) in [6.07, 6.45) is 6.76. The van der Waals surface area contributed by atoms with Gasteiger partial charge >= 0.3 is 12.1 Å². The summed E-state index contributed by atoms with van der Waals surface area (Å²) in [6.45, 7) is 5.21. The van der Waals surface area contributed by atoms with Gasteiger partial charge in [0.25, 0.3) is 0 Å². The maximum absolute atomic E-state index is 14.1. The molecule has 3 aliphatic rings. The Balaban J connectivity index is 1.45. The standard InChI is InChI=1S/C30H37Cl2N7O6/c1-29(2,3)45-28(44)33-22-10-8-6-4-5-7-9-18-15-30(18,27(42)43)34-25(40)23-14-19(16-38(23)26(22)41)39-36-24(35-37-39)17-11-12-20(31)21(32)13-17/h7,9,11-13,18-19,22-23H,4-6,8,10,14-16H2,1-3H3,(H,33,44)(H,34,40)(H,42,43)/b9-7-/t18-,19-,22+,23+,30-/m1/s1. The molecule has 3 amide bonds. The Labute approximate surface area is 270 Å². The lowest BCUT2D eigenvalue weighted by molar-refractivity contribution is -0.145. The molecule has 242 valence electrons. The molecule has 2 aromatic rings. The van der Waals surface area contributed by atoms with Gasteiger partial charge in [0.1, 0.15) is 23.2 Å². The van der Waals surface area contributed by atoms with Gasteiger partial charge in [-0.05, 0) is 69.9 Å². The number of amides is 3. The number of alkyl carbamates (subject to hydrolysis) is 1. The topological polar surface area (TPSA) is 169 Å². The van der Waals surface area contributed by atoms with Gasteiger partial charge in [-0.2, -0.15) is 4.80 Å². The molecule has 1 aromatic heterocycles. The summed E-state index contributed by atoms with van der Waals surface area (Å²) in [7, 11) is 0. The Bertz CT molecular complexity index is 1510. The summed E-state index contributed by atoms with van der Waals surface area (Å²) in [4.78, 5) is 55.8. The van der Waals surface area contributed by atoms with Crippen LogP contribution in [0.25, 0.3) is 11.4 Å². The van der Waals surface area contributed by atoms with Crippen molar-refractivity contribution < 1.29 is 29.0 Å². The van der Waals surface area contributed by atoms with E-state index < -0.39 is 53.1 Å². The van der Waals surface area contributed by atoms with E-state index in [1.54, 1.807) is 39.0 Å². The fourth-order valence-electron chi connectivity index (χ4n) is 5.83. The van der Waals surface area contributed by atoms with Crippen LogP contribution in [0.3, 0.4) is 0 Å². The molecule has 2 fully saturated rings. The molecule has 2 aliphatic heterocycles. The number of carbonyl (C=O) groups excluding carboxylic acids is 3. The third-order valence-corrected chi connectivity index (χ3v) is 9.00. The number of aliphatic carboxylic acids is 1. The maximum Gasteiger partial charge on any atom is 0.408 e. The van der Waals surface area contributed by atoms with E-state index in [0.29, 0.717) is 28.5 Å². The summed E-state index contributed by atoms with van der Waals surface area (Å²) < 4.78 is 5.43. The van der Waals surface area contributed by atoms with Crippen LogP contribution in [0.5, 0.6) is 0 Å². The third-order valence-electron chi connectivity index (χ3n) is 8.26. The van der Waals surface area contributed by atoms with Crippen molar-refractivity contribution in [2.75, 3.05) is 6.54 Å². The van der Waals surface area contributed by atoms with Gasteiger partial charge in [0.05, 0.1) is 16.1 Å². The van der Waals surface area contributed by atoms with Gasteiger partial charge in [-0.1, -0.05) is 48.2 Å². The molecule has 15 heteroatoms. The highest BCUT2D eigenvalue weighted by atomic mass is 35.5. The number of benzene rings is 1. The van der Waals surface area contributed by atoms with Gasteiger partial charge in [-0.15, -0.1) is 10.2 Å². The zero-order valence-electron chi connectivity index (χ0n) is 25.3. The van der Waals surface area contributed by atoms with Crippen molar-refractivity contribution in [2.24, 2.45) is 5.92 Å². The molecule has 1 aliphatic carbocycles. The SMILES string of the molecule is CC(C)(C)OC(=O)N[C@H]1CCCCC/C=C\[C@@H]2C[C@@]2(C(=O)O)NC(=O)[C@@H]2C[C@@H](n3nnc(-c4ccc(Cl)c(Cl)c4)n3)CN2C1=O. The van der Waals surface area contributed by atoms with E-state index in [2.05, 4.69) is 26.0 Å². The Morgan fingerprint density at radius 3 is 2.64 bits per heavy atom. The zero-order chi connectivity index (χ0) is 32.5. The van der Waals surface area contributed by atoms with E-state index in [9.17, 15) is 24.3 Å². The van der Waals surface area contributed by atoms with E-state index in [1.165, 1.54) is 9.70 Å². The smallest absolute Gasteiger partial charge is 0.408 e. The highest BCUT2D eigenvalue weighted by Crippen LogP contribution is 2.45. The van der Waals surface area contributed by atoms with Crippen molar-refractivity contribution in [3.05, 3.63) is 40.4 Å². The molecule has 5 atom stereocenters. The summed E-state index contributed by atoms with van der Waals surface area (Å²) in [6, 6.07) is 2.35. The minimum Gasteiger partial charge on any atom is -0.479 e. The van der Waals surface area contributed by atoms with Crippen LogP contribution in [-0.4, -0.2) is 83.9 Å². The molecule has 3 N–H and O–H groups in total. The van der Waals surface area contributed by atoms with Crippen LogP contribution in [0.1, 0.15) is 71.8 Å². The monoisotopic (exact) mass is 661 g/mol. The van der Waals surface area contributed by atoms with E-state index in [1.807, 2.05) is 12.2 Å². The summed E-state index contributed by atoms with van der Waals surface area (Å²) in [5, 5.41) is 29.0. The van der Waals surface area contributed by atoms with Gasteiger partial charge in [-0.3, -0.25) is 9.59 Å². The number of ether oxygens (including phenoxy) is 1. The molecule has 5 rings (SSSR count). The molecule has 3 heterocycles. The molecule has 0 bridgehead atoms. The summed E-state index contributed by atoms with van der Waals surface area (Å²) >= 11 is 12.2. The Morgan fingerprint density at radius 1 is 1.16 bits per heavy atom. The van der Waals surface area contributed by atoms with Crippen LogP contribution < -0.4 is 10.6 Å². The number of fused-ring (bicyclic) bond motifs is 2. The number of tetrazole rings is 1. The lowest BCUT2D eigenvalue weighted by atomic mass is 10.0. The van der Waals surface area contributed by atoms with Crippen LogP contribution in [0.4, 0.5) is 4.79 Å². The van der Waals surface area contributed by atoms with E-state index in [0.717, 1.165) is 19.3 Å². The number of nitrogens with zero attached hydrogens (tertiary/aromatic N) is 5. The minimum absolute atomic E-state index is 0.0317. The second-order valence-corrected chi connectivity index (χ2v) is 13.6. The van der Waals surface area contributed by atoms with Crippen molar-refractivity contribution in [1.82, 2.24) is 35.7 Å². The molecule has 0 unspecified atom stereocenters. The van der Waals surface area contributed by atoms with Gasteiger partial charge < -0.3 is 25.4 Å². The largest absolute Gasteiger partial charge is 0.479 e. The number of nitrogens with one attached hydrogen (secondary N) is 2. The minimum atomic E-state index is -1.44. The van der Waals surface area contributed by atoms with Crippen molar-refractivity contribution in [3.63, 3.8) is 0 Å². The molecule has 1 saturated carbocycles. The summed E-state index contributed by atoms with van der Waals surface area (Å²) in [5.41, 5.74) is -1.64. The van der Waals surface area contributed by atoms with Crippen molar-refractivity contribution in [3.8, 4) is 11.4 Å². The average Bonchev–Trinajstić information content (AvgIpc) is 3.28. The number of rotatable bonds is 4. The number of allylic oxidation sites excluding steroid dienone is 1. The van der Waals surface area contributed by atoms with Crippen LogP contribution in [0.15, 0.2) is 30.4 Å². The van der Waals surface area contributed by atoms with Crippen molar-refractivity contribution >= 4 is 47.1 Å². The Hall–Kier alpha value is -3.71. The maximum atomic E-state index is 14.1. The highest BCUT2D eigenvalue weighted by Gasteiger charge is 2.61. The molecular formula is C30H37Cl2N7O6. The molecule has 45 heavy (non-hydrogen) atoms. The van der Waals surface area contributed by atoms with E-state index >= 15 is 0 Å². The second-order valence-electron chi connectivity index (χ2n) is 12.8. The predicted molar refractivity (Wildman–Crippen MR) is 164 cm³/mol. The lowest BCUT2D eigenvalue weighted by Crippen LogP contribution is -2.56. The number of carbonyl (C=O) groups is 4. The van der Waals surface area contributed by atoms with Crippen molar-refractivity contribution in [1.29, 1.82) is 0 Å². The molecule has 0 radical (unpaired) electrons. The first kappa shape index (κ1) is 32.7. The van der Waals surface area contributed by atoms with Crippen LogP contribution in [-0.2, 0) is 19.1 Å². The summed E-state index contributed by atoms with van der Waals surface area (Å²) in [5.74, 6) is -2.28. The molecule has 0 spiro atoms. The zero-order valence-corrected chi connectivity index (χ0v) is 26.8. The quantitative estimate of drug-likeness (QED) is 0.407. The van der Waals surface area contributed by atoms with Crippen LogP contribution in [0, 0.1) is 5.92 Å². The van der Waals surface area contributed by atoms with Gasteiger partial charge in [0, 0.05) is 24.4 Å². The third kappa shape index (κ3) is 7.41. The Kier molecular flexibility index (Phi) is 9.41. The van der Waals surface area contributed by atoms with Crippen LogP contribution in [0.2, 0.25) is 10.0 Å². The normalized spacial score (nSPS) is 28.2. The van der Waals surface area contributed by atoms with Gasteiger partial charge in [-0.25, -0.2) is 9.59 Å². The van der Waals surface area contributed by atoms with E-state index in [4.69, 9.17) is 27.9 Å². The van der Waals surface area contributed by atoms with E-state index in [-0.39, 0.29) is 31.1 Å². The second kappa shape index (κ2) is 13.0. The average molecular weight is 663 g/mol. The number of aromatic nitrogens is 4. The highest BCUT2D eigenvalue weighted by molar-refractivity contribution is 6.42. The first-order chi connectivity index (χ1) is 21.3. The first-order valence-corrected chi connectivity index (χ1v) is 15.8.